The monoisotopic (exact) mass is 264 g/mol. The van der Waals surface area contributed by atoms with Gasteiger partial charge in [-0.3, -0.25) is 0 Å². The van der Waals surface area contributed by atoms with E-state index >= 15 is 0 Å². The first-order chi connectivity index (χ1) is 9.02. The number of nitrogens with one attached hydrogen (secondary N) is 1. The second-order valence-electron chi connectivity index (χ2n) is 5.49. The van der Waals surface area contributed by atoms with Gasteiger partial charge in [0.25, 0.3) is 0 Å². The topological polar surface area (TPSA) is 35.5 Å². The van der Waals surface area contributed by atoms with E-state index in [1.807, 2.05) is 14.0 Å². The number of nitrogens with zero attached hydrogens (tertiary/aromatic N) is 1. The molecule has 19 heavy (non-hydrogen) atoms. The summed E-state index contributed by atoms with van der Waals surface area (Å²) in [6, 6.07) is 9.08. The van der Waals surface area contributed by atoms with Gasteiger partial charge in [0.1, 0.15) is 0 Å². The van der Waals surface area contributed by atoms with Gasteiger partial charge in [0, 0.05) is 12.6 Å². The van der Waals surface area contributed by atoms with E-state index in [1.165, 1.54) is 11.1 Å². The molecular formula is C16H28N2O. The zero-order valence-electron chi connectivity index (χ0n) is 12.7. The molecule has 0 bridgehead atoms. The third-order valence-corrected chi connectivity index (χ3v) is 3.52. The number of benzene rings is 1. The van der Waals surface area contributed by atoms with Crippen LogP contribution in [0, 0.1) is 6.92 Å². The lowest BCUT2D eigenvalue weighted by Gasteiger charge is -2.22. The van der Waals surface area contributed by atoms with Crippen LogP contribution in [0.2, 0.25) is 0 Å². The maximum Gasteiger partial charge on any atom is 0.0524 e. The third kappa shape index (κ3) is 6.19. The highest BCUT2D eigenvalue weighted by atomic mass is 16.3. The molecule has 3 heteroatoms. The molecule has 0 heterocycles. The predicted octanol–water partition coefficient (Wildman–Crippen LogP) is 2.35. The van der Waals surface area contributed by atoms with Crippen LogP contribution in [0.25, 0.3) is 0 Å². The summed E-state index contributed by atoms with van der Waals surface area (Å²) in [7, 11) is 4.13. The normalized spacial score (nSPS) is 14.6. The summed E-state index contributed by atoms with van der Waals surface area (Å²) >= 11 is 0. The summed E-state index contributed by atoms with van der Waals surface area (Å²) in [6.07, 6.45) is 1.71. The Bertz CT molecular complexity index is 366. The highest BCUT2D eigenvalue weighted by molar-refractivity contribution is 5.25. The van der Waals surface area contributed by atoms with E-state index in [9.17, 15) is 5.11 Å². The molecule has 0 aliphatic rings. The van der Waals surface area contributed by atoms with Gasteiger partial charge in [-0.15, -0.1) is 0 Å². The summed E-state index contributed by atoms with van der Waals surface area (Å²) in [5, 5.41) is 12.7. The third-order valence-electron chi connectivity index (χ3n) is 3.52. The van der Waals surface area contributed by atoms with E-state index < -0.39 is 0 Å². The molecule has 0 amide bonds. The number of aliphatic hydroxyl groups excluding tert-OH is 1. The molecule has 0 radical (unpaired) electrons. The van der Waals surface area contributed by atoms with E-state index in [2.05, 4.69) is 48.5 Å². The van der Waals surface area contributed by atoms with E-state index in [4.69, 9.17) is 0 Å². The largest absolute Gasteiger partial charge is 0.393 e. The van der Waals surface area contributed by atoms with Crippen LogP contribution in [0.15, 0.2) is 24.3 Å². The standard InChI is InChI=1S/C16H28N2O/c1-13-6-5-7-15(12-13)16(17-3)9-11-18(4)10-8-14(2)19/h5-7,12,14,16-17,19H,8-11H2,1-4H3. The average Bonchev–Trinajstić information content (AvgIpc) is 2.37. The van der Waals surface area contributed by atoms with Gasteiger partial charge >= 0.3 is 0 Å². The van der Waals surface area contributed by atoms with Crippen molar-refractivity contribution in [2.75, 3.05) is 27.2 Å². The lowest BCUT2D eigenvalue weighted by Crippen LogP contribution is -2.27. The van der Waals surface area contributed by atoms with Crippen LogP contribution >= 0.6 is 0 Å². The van der Waals surface area contributed by atoms with Crippen LogP contribution in [0.4, 0.5) is 0 Å². The fourth-order valence-corrected chi connectivity index (χ4v) is 2.23. The first-order valence-electron chi connectivity index (χ1n) is 7.13. The summed E-state index contributed by atoms with van der Waals surface area (Å²) in [5.74, 6) is 0. The average molecular weight is 264 g/mol. The summed E-state index contributed by atoms with van der Waals surface area (Å²) in [5.41, 5.74) is 2.66. The van der Waals surface area contributed by atoms with E-state index in [0.717, 1.165) is 25.9 Å². The van der Waals surface area contributed by atoms with Gasteiger partial charge in [0.15, 0.2) is 0 Å². The second kappa shape index (κ2) is 8.31. The van der Waals surface area contributed by atoms with Gasteiger partial charge in [0.05, 0.1) is 6.10 Å². The van der Waals surface area contributed by atoms with Crippen molar-refractivity contribution in [3.63, 3.8) is 0 Å². The Balaban J connectivity index is 2.44. The van der Waals surface area contributed by atoms with E-state index in [1.54, 1.807) is 0 Å². The Morgan fingerprint density at radius 2 is 1.95 bits per heavy atom. The van der Waals surface area contributed by atoms with Crippen LogP contribution in [0.1, 0.15) is 36.9 Å². The maximum atomic E-state index is 9.29. The molecule has 2 unspecified atom stereocenters. The Kier molecular flexibility index (Phi) is 7.06. The summed E-state index contributed by atoms with van der Waals surface area (Å²) < 4.78 is 0. The van der Waals surface area contributed by atoms with Gasteiger partial charge in [-0.25, -0.2) is 0 Å². The molecule has 2 atom stereocenters. The Labute approximate surface area is 117 Å². The first-order valence-corrected chi connectivity index (χ1v) is 7.13. The Hall–Kier alpha value is -0.900. The van der Waals surface area contributed by atoms with Crippen molar-refractivity contribution in [1.82, 2.24) is 10.2 Å². The van der Waals surface area contributed by atoms with Gasteiger partial charge in [-0.1, -0.05) is 29.8 Å². The van der Waals surface area contributed by atoms with Gasteiger partial charge in [-0.05, 0) is 52.9 Å². The molecule has 0 saturated heterocycles. The summed E-state index contributed by atoms with van der Waals surface area (Å²) in [4.78, 5) is 2.28. The van der Waals surface area contributed by atoms with Crippen LogP contribution in [-0.2, 0) is 0 Å². The predicted molar refractivity (Wildman–Crippen MR) is 81.4 cm³/mol. The highest BCUT2D eigenvalue weighted by Crippen LogP contribution is 2.17. The maximum absolute atomic E-state index is 9.29. The zero-order chi connectivity index (χ0) is 14.3. The minimum absolute atomic E-state index is 0.209. The summed E-state index contributed by atoms with van der Waals surface area (Å²) in [6.45, 7) is 5.95. The van der Waals surface area contributed by atoms with Crippen molar-refractivity contribution in [1.29, 1.82) is 0 Å². The Morgan fingerprint density at radius 1 is 1.26 bits per heavy atom. The lowest BCUT2D eigenvalue weighted by atomic mass is 10.0. The van der Waals surface area contributed by atoms with Crippen molar-refractivity contribution in [2.45, 2.75) is 38.8 Å². The van der Waals surface area contributed by atoms with Crippen LogP contribution < -0.4 is 5.32 Å². The first kappa shape index (κ1) is 16.2. The fourth-order valence-electron chi connectivity index (χ4n) is 2.23. The SMILES string of the molecule is CNC(CCN(C)CCC(C)O)c1cccc(C)c1. The van der Waals surface area contributed by atoms with Crippen molar-refractivity contribution >= 4 is 0 Å². The molecule has 1 aromatic rings. The van der Waals surface area contributed by atoms with E-state index in [0.29, 0.717) is 6.04 Å². The van der Waals surface area contributed by atoms with Crippen LogP contribution in [0.3, 0.4) is 0 Å². The number of hydrogen-bond donors (Lipinski definition) is 2. The molecule has 0 saturated carbocycles. The molecule has 0 aromatic heterocycles. The van der Waals surface area contributed by atoms with Crippen molar-refractivity contribution in [2.24, 2.45) is 0 Å². The van der Waals surface area contributed by atoms with Gasteiger partial charge in [-0.2, -0.15) is 0 Å². The molecule has 108 valence electrons. The smallest absolute Gasteiger partial charge is 0.0524 e. The lowest BCUT2D eigenvalue weighted by molar-refractivity contribution is 0.163. The highest BCUT2D eigenvalue weighted by Gasteiger charge is 2.10. The van der Waals surface area contributed by atoms with Crippen LogP contribution in [-0.4, -0.2) is 43.3 Å². The molecule has 1 rings (SSSR count). The molecule has 0 spiro atoms. The molecule has 0 aliphatic carbocycles. The fraction of sp³-hybridized carbons (Fsp3) is 0.625. The van der Waals surface area contributed by atoms with Crippen molar-refractivity contribution in [3.05, 3.63) is 35.4 Å². The van der Waals surface area contributed by atoms with Gasteiger partial charge < -0.3 is 15.3 Å². The molecule has 1 aromatic carbocycles. The minimum atomic E-state index is -0.209. The second-order valence-corrected chi connectivity index (χ2v) is 5.49. The number of aryl methyl sites for hydroxylation is 1. The number of hydrogen-bond acceptors (Lipinski definition) is 3. The molecule has 0 aliphatic heterocycles. The number of rotatable bonds is 8. The molecule has 0 fully saturated rings. The van der Waals surface area contributed by atoms with Crippen molar-refractivity contribution in [3.8, 4) is 0 Å². The van der Waals surface area contributed by atoms with Crippen LogP contribution in [0.5, 0.6) is 0 Å². The minimum Gasteiger partial charge on any atom is -0.393 e. The van der Waals surface area contributed by atoms with E-state index in [-0.39, 0.29) is 6.10 Å². The molecule has 3 nitrogen and oxygen atoms in total. The Morgan fingerprint density at radius 3 is 2.53 bits per heavy atom. The molecule has 2 N–H and O–H groups in total. The van der Waals surface area contributed by atoms with Crippen molar-refractivity contribution < 1.29 is 5.11 Å². The zero-order valence-corrected chi connectivity index (χ0v) is 12.7. The van der Waals surface area contributed by atoms with Gasteiger partial charge in [0.2, 0.25) is 0 Å². The number of aliphatic hydroxyl groups is 1. The molecular weight excluding hydrogens is 236 g/mol. The quantitative estimate of drug-likeness (QED) is 0.756.